The first-order chi connectivity index (χ1) is 12.8. The third-order valence-corrected chi connectivity index (χ3v) is 5.15. The second kappa shape index (κ2) is 9.98. The van der Waals surface area contributed by atoms with Crippen LogP contribution in [0.5, 0.6) is 0 Å². The van der Waals surface area contributed by atoms with Crippen molar-refractivity contribution in [1.29, 1.82) is 0 Å². The minimum absolute atomic E-state index is 0.899. The molecule has 9 N–H and O–H groups in total. The van der Waals surface area contributed by atoms with E-state index in [1.54, 1.807) is 0 Å². The molecule has 0 radical (unpaired) electrons. The van der Waals surface area contributed by atoms with E-state index in [9.17, 15) is 13.7 Å². The van der Waals surface area contributed by atoms with Gasteiger partial charge in [0.15, 0.2) is 0 Å². The van der Waals surface area contributed by atoms with E-state index >= 15 is 0 Å². The van der Waals surface area contributed by atoms with Gasteiger partial charge in [-0.1, -0.05) is 0 Å². The van der Waals surface area contributed by atoms with Gasteiger partial charge in [-0.2, -0.15) is 0 Å². The molecule has 1 rings (SSSR count). The van der Waals surface area contributed by atoms with Crippen molar-refractivity contribution < 1.29 is 85.3 Å². The standard InChI is InChI=1S/C7H20O18P4/c1-20-7-6(25-29(17,18)19)5(24-28(14,15)16)4(23-27(11,12)13)3(22-7)2-21-26(8,9)10/h3-7,17-19,29H,2H2,1H3,(H2,8,9,10)(H2,11,12,13)(H2,14,15,16)/t3?,4-,5?,6+,7+/m1/s1. The first-order valence-electron chi connectivity index (χ1n) is 7.02. The van der Waals surface area contributed by atoms with E-state index in [0.29, 0.717) is 0 Å². The molecule has 0 aliphatic carbocycles. The molecule has 1 aliphatic heterocycles. The van der Waals surface area contributed by atoms with Crippen LogP contribution in [0.15, 0.2) is 0 Å². The van der Waals surface area contributed by atoms with Gasteiger partial charge in [0.05, 0.1) is 0 Å². The Kier molecular flexibility index (Phi) is 9.48. The van der Waals surface area contributed by atoms with Crippen LogP contribution in [-0.2, 0) is 41.3 Å². The van der Waals surface area contributed by atoms with Gasteiger partial charge < -0.3 is 0 Å². The second-order valence-corrected chi connectivity index (χ2v) is 10.3. The number of hydrogen-bond acceptors (Lipinski definition) is 12. The predicted octanol–water partition coefficient (Wildman–Crippen LogP) is -2.81. The SMILES string of the molecule is CO[C@H]1OC(COP(=O)(O)O)[C@@H](OP(=O)(O)O)C(OP(=O)(O)O)[C@@H]1O[PH](O)(O)O. The zero-order valence-electron chi connectivity index (χ0n) is 14.1. The Morgan fingerprint density at radius 2 is 1.31 bits per heavy atom. The fourth-order valence-corrected chi connectivity index (χ4v) is 4.33. The van der Waals surface area contributed by atoms with E-state index in [-0.39, 0.29) is 0 Å². The third kappa shape index (κ3) is 10.6. The van der Waals surface area contributed by atoms with E-state index in [2.05, 4.69) is 18.1 Å². The van der Waals surface area contributed by atoms with Gasteiger partial charge in [0.2, 0.25) is 0 Å². The Hall–Kier alpha value is 0.520. The maximum absolute atomic E-state index is 11.3. The third-order valence-electron chi connectivity index (χ3n) is 3.04. The van der Waals surface area contributed by atoms with Crippen molar-refractivity contribution in [2.24, 2.45) is 0 Å². The van der Waals surface area contributed by atoms with E-state index < -0.39 is 69.0 Å². The fraction of sp³-hybridized carbons (Fsp3) is 1.00. The van der Waals surface area contributed by atoms with Crippen molar-refractivity contribution in [3.63, 3.8) is 0 Å². The van der Waals surface area contributed by atoms with E-state index in [4.69, 9.17) is 53.5 Å². The van der Waals surface area contributed by atoms with Crippen molar-refractivity contribution in [2.45, 2.75) is 30.7 Å². The van der Waals surface area contributed by atoms with Gasteiger partial charge in [-0.25, -0.2) is 0 Å². The zero-order valence-corrected chi connectivity index (χ0v) is 17.8. The molecular weight excluding hydrogens is 496 g/mol. The predicted molar refractivity (Wildman–Crippen MR) is 87.3 cm³/mol. The summed E-state index contributed by atoms with van der Waals surface area (Å²) in [6, 6.07) is 0. The molecule has 1 aliphatic rings. The van der Waals surface area contributed by atoms with Crippen LogP contribution in [0.3, 0.4) is 0 Å². The summed E-state index contributed by atoms with van der Waals surface area (Å²) in [5.41, 5.74) is 0. The van der Waals surface area contributed by atoms with Crippen LogP contribution in [-0.4, -0.2) is 88.5 Å². The molecule has 0 aromatic rings. The van der Waals surface area contributed by atoms with Crippen LogP contribution in [0.2, 0.25) is 0 Å². The van der Waals surface area contributed by atoms with Gasteiger partial charge in [-0.3, -0.25) is 0 Å². The molecule has 0 amide bonds. The van der Waals surface area contributed by atoms with Gasteiger partial charge in [0.1, 0.15) is 0 Å². The van der Waals surface area contributed by atoms with Gasteiger partial charge in [-0.15, -0.1) is 0 Å². The summed E-state index contributed by atoms with van der Waals surface area (Å²) in [4.78, 5) is 81.2. The van der Waals surface area contributed by atoms with Crippen molar-refractivity contribution in [2.75, 3.05) is 13.7 Å². The topological polar surface area (TPSA) is 289 Å². The molecular formula is C7H20O18P4. The van der Waals surface area contributed by atoms with Gasteiger partial charge in [0.25, 0.3) is 0 Å². The average Bonchev–Trinajstić information content (AvgIpc) is 2.44. The van der Waals surface area contributed by atoms with Crippen LogP contribution < -0.4 is 0 Å². The molecule has 0 bridgehead atoms. The summed E-state index contributed by atoms with van der Waals surface area (Å²) in [6.07, 6.45) is -10.6. The molecule has 0 saturated carbocycles. The summed E-state index contributed by atoms with van der Waals surface area (Å²) >= 11 is 0. The summed E-state index contributed by atoms with van der Waals surface area (Å²) in [5, 5.41) is 0. The molecule has 1 fully saturated rings. The number of phosphoric ester groups is 3. The van der Waals surface area contributed by atoms with Crippen LogP contribution in [0.1, 0.15) is 0 Å². The van der Waals surface area contributed by atoms with Crippen molar-refractivity contribution in [1.82, 2.24) is 0 Å². The van der Waals surface area contributed by atoms with Crippen molar-refractivity contribution in [3.05, 3.63) is 0 Å². The molecule has 2 unspecified atom stereocenters. The van der Waals surface area contributed by atoms with Crippen LogP contribution in [0.4, 0.5) is 0 Å². The number of ether oxygens (including phenoxy) is 2. The van der Waals surface area contributed by atoms with E-state index in [0.717, 1.165) is 7.11 Å². The first kappa shape index (κ1) is 27.6. The molecule has 0 aromatic heterocycles. The van der Waals surface area contributed by atoms with Gasteiger partial charge >= 0.3 is 161 Å². The molecule has 1 heterocycles. The number of hydrogen-bond donors (Lipinski definition) is 9. The molecule has 22 heteroatoms. The van der Waals surface area contributed by atoms with Crippen molar-refractivity contribution >= 4 is 31.6 Å². The monoisotopic (exact) mass is 516 g/mol. The number of rotatable bonds is 10. The Balaban J connectivity index is 3.40. The van der Waals surface area contributed by atoms with Crippen LogP contribution in [0, 0.1) is 0 Å². The Morgan fingerprint density at radius 3 is 1.69 bits per heavy atom. The Bertz CT molecular complexity index is 672. The average molecular weight is 516 g/mol. The molecule has 0 spiro atoms. The minimum atomic E-state index is -5.50. The van der Waals surface area contributed by atoms with Crippen LogP contribution in [0.25, 0.3) is 0 Å². The number of methoxy groups -OCH3 is 1. The summed E-state index contributed by atoms with van der Waals surface area (Å²) in [7, 11) is -20.7. The quantitative estimate of drug-likeness (QED) is 0.132. The Morgan fingerprint density at radius 1 is 0.828 bits per heavy atom. The van der Waals surface area contributed by atoms with Gasteiger partial charge in [-0.05, 0) is 0 Å². The zero-order chi connectivity index (χ0) is 22.8. The maximum atomic E-state index is 11.3. The molecule has 0 aromatic carbocycles. The van der Waals surface area contributed by atoms with Crippen molar-refractivity contribution in [3.8, 4) is 0 Å². The molecule has 176 valence electrons. The van der Waals surface area contributed by atoms with Gasteiger partial charge in [0, 0.05) is 0 Å². The normalized spacial score (nSPS) is 30.3. The Labute approximate surface area is 162 Å². The van der Waals surface area contributed by atoms with E-state index in [1.165, 1.54) is 0 Å². The first-order valence-corrected chi connectivity index (χ1v) is 13.4. The number of phosphoric acid groups is 3. The second-order valence-electron chi connectivity index (χ2n) is 5.34. The summed E-state index contributed by atoms with van der Waals surface area (Å²) < 4.78 is 60.5. The molecule has 5 atom stereocenters. The molecule has 1 saturated heterocycles. The summed E-state index contributed by atoms with van der Waals surface area (Å²) in [6.45, 7) is -1.16. The summed E-state index contributed by atoms with van der Waals surface area (Å²) in [5.74, 6) is 0. The fourth-order valence-electron chi connectivity index (χ4n) is 2.25. The van der Waals surface area contributed by atoms with Crippen LogP contribution >= 0.6 is 31.6 Å². The van der Waals surface area contributed by atoms with E-state index in [1.807, 2.05) is 0 Å². The molecule has 29 heavy (non-hydrogen) atoms. The molecule has 18 nitrogen and oxygen atoms in total.